The van der Waals surface area contributed by atoms with Crippen molar-refractivity contribution in [2.75, 3.05) is 10.8 Å². The summed E-state index contributed by atoms with van der Waals surface area (Å²) in [5, 5.41) is 0. The molecule has 1 aliphatic rings. The normalized spacial score (nSPS) is 17.9. The van der Waals surface area contributed by atoms with Crippen LogP contribution >= 0.6 is 15.9 Å². The third kappa shape index (κ3) is 2.90. The molecule has 0 bridgehead atoms. The number of hydrogen-bond donors (Lipinski definition) is 0. The zero-order valence-electron chi connectivity index (χ0n) is 12.4. The van der Waals surface area contributed by atoms with E-state index >= 15 is 0 Å². The first-order valence-corrected chi connectivity index (χ1v) is 9.27. The average Bonchev–Trinajstić information content (AvgIpc) is 2.84. The first-order valence-electron chi connectivity index (χ1n) is 6.91. The molecule has 1 aromatic carbocycles. The second-order valence-corrected chi connectivity index (χ2v) is 8.42. The first kappa shape index (κ1) is 17.2. The fourth-order valence-corrected chi connectivity index (χ4v) is 4.73. The molecule has 1 unspecified atom stereocenters. The number of halogens is 4. The number of nitrogens with zero attached hydrogens (tertiary/aromatic N) is 2. The number of aryl methyl sites for hydroxylation is 1. The van der Waals surface area contributed by atoms with Gasteiger partial charge in [-0.1, -0.05) is 33.6 Å². The summed E-state index contributed by atoms with van der Waals surface area (Å²) in [6.07, 6.45) is -3.88. The number of fused-ring (bicyclic) bond motifs is 1. The molecule has 24 heavy (non-hydrogen) atoms. The number of hydrogen-bond acceptors (Lipinski definition) is 3. The van der Waals surface area contributed by atoms with Crippen LogP contribution in [0.15, 0.2) is 41.4 Å². The van der Waals surface area contributed by atoms with Crippen LogP contribution in [0.5, 0.6) is 0 Å². The van der Waals surface area contributed by atoms with Gasteiger partial charge in [0.05, 0.1) is 21.8 Å². The maximum absolute atomic E-state index is 12.8. The summed E-state index contributed by atoms with van der Waals surface area (Å²) >= 11 is 3.24. The van der Waals surface area contributed by atoms with Gasteiger partial charge >= 0.3 is 6.18 Å². The summed E-state index contributed by atoms with van der Waals surface area (Å²) in [7, 11) is -3.89. The molecule has 4 nitrogen and oxygen atoms in total. The fourth-order valence-electron chi connectivity index (χ4n) is 2.45. The third-order valence-corrected chi connectivity index (χ3v) is 6.28. The molecule has 0 radical (unpaired) electrons. The molecule has 0 spiro atoms. The van der Waals surface area contributed by atoms with Crippen molar-refractivity contribution >= 4 is 31.8 Å². The zero-order valence-corrected chi connectivity index (χ0v) is 14.8. The predicted molar refractivity (Wildman–Crippen MR) is 86.6 cm³/mol. The molecular weight excluding hydrogens is 409 g/mol. The largest absolute Gasteiger partial charge is 0.417 e. The van der Waals surface area contributed by atoms with E-state index < -0.39 is 26.6 Å². The van der Waals surface area contributed by atoms with Gasteiger partial charge in [0.25, 0.3) is 10.0 Å². The van der Waals surface area contributed by atoms with E-state index in [1.807, 2.05) is 6.92 Å². The Hall–Kier alpha value is -1.61. The Morgan fingerprint density at radius 2 is 1.88 bits per heavy atom. The van der Waals surface area contributed by atoms with Crippen LogP contribution in [0.25, 0.3) is 0 Å². The zero-order chi connectivity index (χ0) is 17.7. The van der Waals surface area contributed by atoms with Crippen molar-refractivity contribution in [3.05, 3.63) is 53.2 Å². The number of aromatic nitrogens is 1. The number of sulfonamides is 1. The second-order valence-electron chi connectivity index (χ2n) is 5.45. The number of anilines is 1. The average molecular weight is 421 g/mol. The Kier molecular flexibility index (Phi) is 4.11. The third-order valence-electron chi connectivity index (χ3n) is 3.73. The molecule has 0 saturated carbocycles. The van der Waals surface area contributed by atoms with Gasteiger partial charge in [-0.05, 0) is 25.1 Å². The van der Waals surface area contributed by atoms with Gasteiger partial charge in [0.15, 0.2) is 0 Å². The first-order chi connectivity index (χ1) is 11.1. The van der Waals surface area contributed by atoms with Crippen molar-refractivity contribution in [2.24, 2.45) is 0 Å². The molecule has 9 heteroatoms. The Labute approximate surface area is 145 Å². The molecule has 0 aliphatic carbocycles. The molecule has 128 valence electrons. The highest BCUT2D eigenvalue weighted by atomic mass is 79.9. The van der Waals surface area contributed by atoms with Gasteiger partial charge in [-0.15, -0.1) is 0 Å². The molecule has 2 heterocycles. The summed E-state index contributed by atoms with van der Waals surface area (Å²) in [6, 6.07) is 7.20. The maximum atomic E-state index is 12.8. The van der Waals surface area contributed by atoms with Crippen LogP contribution in [-0.4, -0.2) is 19.9 Å². The van der Waals surface area contributed by atoms with Crippen molar-refractivity contribution in [3.63, 3.8) is 0 Å². The SMILES string of the molecule is Cc1ccc(S(=O)(=O)N2CC(Br)c3cc(C(F)(F)F)cnc32)cc1. The lowest BCUT2D eigenvalue weighted by Crippen LogP contribution is -2.30. The smallest absolute Gasteiger partial charge is 0.248 e. The number of benzene rings is 1. The van der Waals surface area contributed by atoms with Gasteiger partial charge in [-0.25, -0.2) is 17.7 Å². The predicted octanol–water partition coefficient (Wildman–Crippen LogP) is 4.05. The van der Waals surface area contributed by atoms with Crippen LogP contribution in [0, 0.1) is 6.92 Å². The van der Waals surface area contributed by atoms with Crippen LogP contribution < -0.4 is 4.31 Å². The Morgan fingerprint density at radius 1 is 1.25 bits per heavy atom. The topological polar surface area (TPSA) is 50.3 Å². The van der Waals surface area contributed by atoms with Crippen molar-refractivity contribution in [3.8, 4) is 0 Å². The number of pyridine rings is 1. The summed E-state index contributed by atoms with van der Waals surface area (Å²) in [5.41, 5.74) is 0.211. The van der Waals surface area contributed by atoms with Gasteiger partial charge in [0, 0.05) is 11.8 Å². The highest BCUT2D eigenvalue weighted by molar-refractivity contribution is 9.09. The van der Waals surface area contributed by atoms with Gasteiger partial charge in [-0.2, -0.15) is 13.2 Å². The molecule has 0 fully saturated rings. The Morgan fingerprint density at radius 3 is 2.46 bits per heavy atom. The van der Waals surface area contributed by atoms with E-state index in [1.54, 1.807) is 12.1 Å². The van der Waals surface area contributed by atoms with Crippen molar-refractivity contribution in [2.45, 2.75) is 22.8 Å². The fraction of sp³-hybridized carbons (Fsp3) is 0.267. The maximum Gasteiger partial charge on any atom is 0.417 e. The van der Waals surface area contributed by atoms with Gasteiger partial charge in [0.1, 0.15) is 5.82 Å². The Balaban J connectivity index is 2.06. The molecule has 0 N–H and O–H groups in total. The van der Waals surface area contributed by atoms with E-state index in [-0.39, 0.29) is 22.8 Å². The van der Waals surface area contributed by atoms with Crippen molar-refractivity contribution in [1.82, 2.24) is 4.98 Å². The number of rotatable bonds is 2. The van der Waals surface area contributed by atoms with Crippen LogP contribution in [0.4, 0.5) is 19.0 Å². The van der Waals surface area contributed by atoms with Crippen LogP contribution in [0.2, 0.25) is 0 Å². The molecule has 3 rings (SSSR count). The lowest BCUT2D eigenvalue weighted by Gasteiger charge is -2.19. The summed E-state index contributed by atoms with van der Waals surface area (Å²) in [6.45, 7) is 1.82. The lowest BCUT2D eigenvalue weighted by atomic mass is 10.1. The quantitative estimate of drug-likeness (QED) is 0.688. The summed E-state index contributed by atoms with van der Waals surface area (Å²) < 4.78 is 65.1. The van der Waals surface area contributed by atoms with Crippen LogP contribution in [0.3, 0.4) is 0 Å². The van der Waals surface area contributed by atoms with Gasteiger partial charge in [0.2, 0.25) is 0 Å². The van der Waals surface area contributed by atoms with Crippen molar-refractivity contribution < 1.29 is 21.6 Å². The highest BCUT2D eigenvalue weighted by Crippen LogP contribution is 2.43. The molecule has 0 amide bonds. The second kappa shape index (κ2) is 5.73. The van der Waals surface area contributed by atoms with E-state index in [1.165, 1.54) is 12.1 Å². The minimum atomic E-state index is -4.53. The Bertz CT molecular complexity index is 883. The van der Waals surface area contributed by atoms with E-state index in [0.717, 1.165) is 15.9 Å². The van der Waals surface area contributed by atoms with E-state index in [2.05, 4.69) is 20.9 Å². The summed E-state index contributed by atoms with van der Waals surface area (Å²) in [4.78, 5) is 3.28. The minimum Gasteiger partial charge on any atom is -0.248 e. The van der Waals surface area contributed by atoms with Crippen molar-refractivity contribution in [1.29, 1.82) is 0 Å². The molecular formula is C15H12BrF3N2O2S. The molecule has 2 aromatic rings. The number of alkyl halides is 4. The standard InChI is InChI=1S/C15H12BrF3N2O2S/c1-9-2-4-11(5-3-9)24(22,23)21-8-13(16)12-6-10(15(17,18)19)7-20-14(12)21/h2-7,13H,8H2,1H3. The van der Waals surface area contributed by atoms with E-state index in [4.69, 9.17) is 0 Å². The highest BCUT2D eigenvalue weighted by Gasteiger charge is 2.39. The van der Waals surface area contributed by atoms with Gasteiger partial charge < -0.3 is 0 Å². The minimum absolute atomic E-state index is 0.0140. The molecule has 0 saturated heterocycles. The van der Waals surface area contributed by atoms with E-state index in [0.29, 0.717) is 6.20 Å². The monoisotopic (exact) mass is 420 g/mol. The summed E-state index contributed by atoms with van der Waals surface area (Å²) in [5.74, 6) is 0.0189. The van der Waals surface area contributed by atoms with Gasteiger partial charge in [-0.3, -0.25) is 0 Å². The van der Waals surface area contributed by atoms with Crippen LogP contribution in [-0.2, 0) is 16.2 Å². The molecule has 1 aliphatic heterocycles. The van der Waals surface area contributed by atoms with Crippen LogP contribution in [0.1, 0.15) is 21.5 Å². The van der Waals surface area contributed by atoms with E-state index in [9.17, 15) is 21.6 Å². The molecule has 1 atom stereocenters. The lowest BCUT2D eigenvalue weighted by molar-refractivity contribution is -0.137. The molecule has 1 aromatic heterocycles.